The van der Waals surface area contributed by atoms with Crippen molar-refractivity contribution < 1.29 is 50.0 Å². The third kappa shape index (κ3) is 4.43. The van der Waals surface area contributed by atoms with E-state index < -0.39 is 74.6 Å². The Morgan fingerprint density at radius 2 is 1.48 bits per heavy atom. The molecule has 0 aromatic heterocycles. The van der Waals surface area contributed by atoms with Gasteiger partial charge in [0.25, 0.3) is 0 Å². The quantitative estimate of drug-likeness (QED) is 0.205. The Hall–Kier alpha value is -0.0900. The van der Waals surface area contributed by atoms with E-state index in [0.29, 0.717) is 0 Å². The molecule has 0 bridgehead atoms. The summed E-state index contributed by atoms with van der Waals surface area (Å²) in [4.78, 5) is 0. The fourth-order valence-corrected chi connectivity index (χ4v) is 3.23. The highest BCUT2D eigenvalue weighted by atomic mass is 32.2. The number of hydrogen-bond donors (Lipinski definition) is 8. The van der Waals surface area contributed by atoms with Gasteiger partial charge in [-0.1, -0.05) is 11.9 Å². The highest BCUT2D eigenvalue weighted by Gasteiger charge is 2.50. The van der Waals surface area contributed by atoms with E-state index in [2.05, 4.69) is 4.72 Å². The maximum Gasteiger partial charge on any atom is 0.187 e. The molecule has 2 saturated heterocycles. The highest BCUT2D eigenvalue weighted by molar-refractivity contribution is 7.96. The molecular formula is C13H25NO10S. The minimum atomic E-state index is -1.68. The van der Waals surface area contributed by atoms with Crippen LogP contribution in [0.2, 0.25) is 0 Å². The van der Waals surface area contributed by atoms with Gasteiger partial charge in [0.2, 0.25) is 0 Å². The summed E-state index contributed by atoms with van der Waals surface area (Å²) in [5, 5.41) is 68.5. The van der Waals surface area contributed by atoms with E-state index in [4.69, 9.17) is 14.2 Å². The molecule has 2 aliphatic rings. The lowest BCUT2D eigenvalue weighted by molar-refractivity contribution is -0.342. The zero-order valence-corrected chi connectivity index (χ0v) is 14.3. The van der Waals surface area contributed by atoms with E-state index in [0.717, 1.165) is 11.9 Å². The van der Waals surface area contributed by atoms with Crippen LogP contribution in [0, 0.1) is 0 Å². The SMILES string of the molecule is CSNC1OC(CO)C(OC2OC(CO)C(O)C(O)C2O)C(O)C1O. The number of nitrogens with one attached hydrogen (secondary N) is 1. The smallest absolute Gasteiger partial charge is 0.187 e. The molecule has 0 radical (unpaired) electrons. The van der Waals surface area contributed by atoms with Crippen molar-refractivity contribution >= 4 is 11.9 Å². The molecule has 2 heterocycles. The molecule has 148 valence electrons. The Balaban J connectivity index is 2.11. The summed E-state index contributed by atoms with van der Waals surface area (Å²) in [6.07, 6.45) is -12.1. The molecule has 11 nitrogen and oxygen atoms in total. The molecule has 0 aliphatic carbocycles. The Labute approximate surface area is 148 Å². The molecule has 10 atom stereocenters. The zero-order chi connectivity index (χ0) is 18.7. The van der Waals surface area contributed by atoms with Crippen molar-refractivity contribution in [2.75, 3.05) is 19.5 Å². The lowest BCUT2D eigenvalue weighted by atomic mass is 9.96. The van der Waals surface area contributed by atoms with Crippen LogP contribution < -0.4 is 4.72 Å². The van der Waals surface area contributed by atoms with E-state index in [1.165, 1.54) is 0 Å². The number of aliphatic hydroxyl groups excluding tert-OH is 7. The van der Waals surface area contributed by atoms with E-state index in [-0.39, 0.29) is 0 Å². The fraction of sp³-hybridized carbons (Fsp3) is 1.00. The summed E-state index contributed by atoms with van der Waals surface area (Å²) in [5.74, 6) is 0. The molecule has 0 amide bonds. The van der Waals surface area contributed by atoms with Gasteiger partial charge in [0.05, 0.1) is 13.2 Å². The predicted octanol–water partition coefficient (Wildman–Crippen LogP) is -4.52. The first-order chi connectivity index (χ1) is 11.8. The van der Waals surface area contributed by atoms with Gasteiger partial charge in [0.15, 0.2) is 6.29 Å². The first kappa shape index (κ1) is 21.2. The summed E-state index contributed by atoms with van der Waals surface area (Å²) in [5.41, 5.74) is 0. The molecule has 0 aromatic rings. The van der Waals surface area contributed by atoms with Crippen LogP contribution in [0.4, 0.5) is 0 Å². The highest BCUT2D eigenvalue weighted by Crippen LogP contribution is 2.28. The monoisotopic (exact) mass is 387 g/mol. The average molecular weight is 387 g/mol. The summed E-state index contributed by atoms with van der Waals surface area (Å²) >= 11 is 1.15. The van der Waals surface area contributed by atoms with Crippen molar-refractivity contribution in [1.29, 1.82) is 0 Å². The van der Waals surface area contributed by atoms with Gasteiger partial charge in [0, 0.05) is 0 Å². The van der Waals surface area contributed by atoms with Crippen LogP contribution in [0.1, 0.15) is 0 Å². The van der Waals surface area contributed by atoms with Gasteiger partial charge in [-0.3, -0.25) is 0 Å². The van der Waals surface area contributed by atoms with Gasteiger partial charge in [-0.25, -0.2) is 4.72 Å². The van der Waals surface area contributed by atoms with Crippen LogP contribution in [-0.2, 0) is 14.2 Å². The molecule has 12 heteroatoms. The van der Waals surface area contributed by atoms with Crippen LogP contribution in [0.5, 0.6) is 0 Å². The van der Waals surface area contributed by atoms with Crippen LogP contribution in [-0.4, -0.2) is 117 Å². The van der Waals surface area contributed by atoms with Crippen LogP contribution in [0.15, 0.2) is 0 Å². The summed E-state index contributed by atoms with van der Waals surface area (Å²) in [7, 11) is 0. The molecule has 2 rings (SSSR count). The second-order valence-corrected chi connectivity index (χ2v) is 6.52. The van der Waals surface area contributed by atoms with E-state index in [1.807, 2.05) is 0 Å². The van der Waals surface area contributed by atoms with Gasteiger partial charge < -0.3 is 50.0 Å². The molecule has 2 aliphatic heterocycles. The third-order valence-corrected chi connectivity index (χ3v) is 4.71. The Kier molecular flexibility index (Phi) is 7.82. The molecule has 0 aromatic carbocycles. The van der Waals surface area contributed by atoms with Crippen molar-refractivity contribution in [2.24, 2.45) is 0 Å². The molecule has 2 fully saturated rings. The third-order valence-electron chi connectivity index (χ3n) is 4.24. The van der Waals surface area contributed by atoms with Crippen molar-refractivity contribution in [1.82, 2.24) is 4.72 Å². The Morgan fingerprint density at radius 1 is 0.840 bits per heavy atom. The maximum atomic E-state index is 10.3. The summed E-state index contributed by atoms with van der Waals surface area (Å²) < 4.78 is 18.8. The van der Waals surface area contributed by atoms with Crippen molar-refractivity contribution in [3.8, 4) is 0 Å². The number of aliphatic hydroxyl groups is 7. The lowest BCUT2D eigenvalue weighted by Crippen LogP contribution is -2.65. The number of rotatable bonds is 6. The van der Waals surface area contributed by atoms with E-state index in [1.54, 1.807) is 6.26 Å². The van der Waals surface area contributed by atoms with Gasteiger partial charge in [-0.15, -0.1) is 0 Å². The van der Waals surface area contributed by atoms with Crippen molar-refractivity contribution in [3.05, 3.63) is 0 Å². The second-order valence-electron chi connectivity index (χ2n) is 5.88. The minimum absolute atomic E-state index is 0.557. The molecule has 25 heavy (non-hydrogen) atoms. The van der Waals surface area contributed by atoms with Gasteiger partial charge in [-0.05, 0) is 6.26 Å². The minimum Gasteiger partial charge on any atom is -0.394 e. The van der Waals surface area contributed by atoms with Crippen molar-refractivity contribution in [2.45, 2.75) is 61.3 Å². The maximum absolute atomic E-state index is 10.3. The molecule has 0 spiro atoms. The van der Waals surface area contributed by atoms with E-state index >= 15 is 0 Å². The molecule has 10 unspecified atom stereocenters. The zero-order valence-electron chi connectivity index (χ0n) is 13.5. The molecule has 0 saturated carbocycles. The van der Waals surface area contributed by atoms with Crippen LogP contribution >= 0.6 is 11.9 Å². The average Bonchev–Trinajstić information content (AvgIpc) is 2.61. The second kappa shape index (κ2) is 9.21. The van der Waals surface area contributed by atoms with Gasteiger partial charge in [-0.2, -0.15) is 0 Å². The topological polar surface area (TPSA) is 181 Å². The fourth-order valence-electron chi connectivity index (χ4n) is 2.80. The first-order valence-corrected chi connectivity index (χ1v) is 8.95. The van der Waals surface area contributed by atoms with Gasteiger partial charge >= 0.3 is 0 Å². The van der Waals surface area contributed by atoms with Crippen LogP contribution in [0.3, 0.4) is 0 Å². The van der Waals surface area contributed by atoms with E-state index in [9.17, 15) is 35.7 Å². The molecular weight excluding hydrogens is 362 g/mol. The Morgan fingerprint density at radius 3 is 2.04 bits per heavy atom. The number of ether oxygens (including phenoxy) is 3. The first-order valence-electron chi connectivity index (χ1n) is 7.72. The molecule has 8 N–H and O–H groups in total. The van der Waals surface area contributed by atoms with Gasteiger partial charge in [0.1, 0.15) is 55.1 Å². The summed E-state index contributed by atoms with van der Waals surface area (Å²) in [6, 6.07) is 0. The normalized spacial score (nSPS) is 48.5. The largest absolute Gasteiger partial charge is 0.394 e. The van der Waals surface area contributed by atoms with Crippen LogP contribution in [0.25, 0.3) is 0 Å². The lowest BCUT2D eigenvalue weighted by Gasteiger charge is -2.46. The predicted molar refractivity (Wildman–Crippen MR) is 83.1 cm³/mol. The van der Waals surface area contributed by atoms with Crippen molar-refractivity contribution in [3.63, 3.8) is 0 Å². The summed E-state index contributed by atoms with van der Waals surface area (Å²) in [6.45, 7) is -1.20. The number of hydrogen-bond acceptors (Lipinski definition) is 12. The standard InChI is InChI=1S/C13H25NO10S/c1-25-14-12-9(20)8(19)11(5(3-16)22-12)24-13-10(21)7(18)6(17)4(2-15)23-13/h4-21H,2-3H2,1H3. The Bertz CT molecular complexity index is 416.